The average Bonchev–Trinajstić information content (AvgIpc) is 2.41. The monoisotopic (exact) mass is 325 g/mol. The standard InChI is InChI=1S/C16H14Cl2FNO/c17-12-2-4-13(5-3-12)21-16(11-8-20-9-11)10-1-6-14(18)15(19)7-10/h1-7,11,16,20H,8-9H2/t16-/m0/s1. The van der Waals surface area contributed by atoms with Gasteiger partial charge in [0, 0.05) is 24.0 Å². The number of hydrogen-bond donors (Lipinski definition) is 1. The zero-order chi connectivity index (χ0) is 14.8. The molecule has 0 radical (unpaired) electrons. The van der Waals surface area contributed by atoms with E-state index in [0.717, 1.165) is 18.7 Å². The summed E-state index contributed by atoms with van der Waals surface area (Å²) in [6, 6.07) is 12.0. The summed E-state index contributed by atoms with van der Waals surface area (Å²) in [6.07, 6.45) is -0.209. The van der Waals surface area contributed by atoms with Crippen LogP contribution >= 0.6 is 23.2 Å². The molecule has 1 aliphatic rings. The molecule has 0 saturated carbocycles. The summed E-state index contributed by atoms with van der Waals surface area (Å²) in [5.74, 6) is 0.596. The maximum absolute atomic E-state index is 13.7. The van der Waals surface area contributed by atoms with Crippen LogP contribution < -0.4 is 10.1 Å². The lowest BCUT2D eigenvalue weighted by atomic mass is 9.90. The molecule has 2 aromatic rings. The van der Waals surface area contributed by atoms with Gasteiger partial charge in [-0.1, -0.05) is 29.3 Å². The first-order valence-electron chi connectivity index (χ1n) is 6.71. The molecule has 0 amide bonds. The molecule has 1 aliphatic heterocycles. The molecular formula is C16H14Cl2FNO. The zero-order valence-electron chi connectivity index (χ0n) is 11.2. The van der Waals surface area contributed by atoms with Crippen molar-refractivity contribution in [3.05, 3.63) is 63.9 Å². The van der Waals surface area contributed by atoms with E-state index in [-0.39, 0.29) is 11.1 Å². The van der Waals surface area contributed by atoms with Crippen LogP contribution in [0.2, 0.25) is 10.0 Å². The van der Waals surface area contributed by atoms with E-state index in [1.54, 1.807) is 18.2 Å². The van der Waals surface area contributed by atoms with Gasteiger partial charge in [0.15, 0.2) is 0 Å². The fourth-order valence-electron chi connectivity index (χ4n) is 2.31. The van der Waals surface area contributed by atoms with Gasteiger partial charge in [-0.05, 0) is 42.0 Å². The lowest BCUT2D eigenvalue weighted by Gasteiger charge is -2.35. The maximum atomic E-state index is 13.7. The molecule has 0 aliphatic carbocycles. The predicted molar refractivity (Wildman–Crippen MR) is 82.6 cm³/mol. The van der Waals surface area contributed by atoms with Gasteiger partial charge in [-0.25, -0.2) is 4.39 Å². The van der Waals surface area contributed by atoms with Gasteiger partial charge >= 0.3 is 0 Å². The summed E-state index contributed by atoms with van der Waals surface area (Å²) in [7, 11) is 0. The van der Waals surface area contributed by atoms with Crippen LogP contribution in [0.25, 0.3) is 0 Å². The van der Waals surface area contributed by atoms with E-state index >= 15 is 0 Å². The van der Waals surface area contributed by atoms with Crippen LogP contribution in [0.3, 0.4) is 0 Å². The van der Waals surface area contributed by atoms with Crippen molar-refractivity contribution in [2.24, 2.45) is 5.92 Å². The Labute approximate surface area is 132 Å². The van der Waals surface area contributed by atoms with E-state index in [1.165, 1.54) is 6.07 Å². The highest BCUT2D eigenvalue weighted by molar-refractivity contribution is 6.30. The quantitative estimate of drug-likeness (QED) is 0.895. The maximum Gasteiger partial charge on any atom is 0.142 e. The van der Waals surface area contributed by atoms with Gasteiger partial charge in [-0.15, -0.1) is 0 Å². The Morgan fingerprint density at radius 3 is 2.38 bits per heavy atom. The number of rotatable bonds is 4. The summed E-state index contributed by atoms with van der Waals surface area (Å²) < 4.78 is 19.7. The van der Waals surface area contributed by atoms with Crippen molar-refractivity contribution in [3.63, 3.8) is 0 Å². The summed E-state index contributed by atoms with van der Waals surface area (Å²) >= 11 is 11.6. The van der Waals surface area contributed by atoms with Gasteiger partial charge in [0.25, 0.3) is 0 Å². The molecule has 0 aromatic heterocycles. The lowest BCUT2D eigenvalue weighted by molar-refractivity contribution is 0.0990. The van der Waals surface area contributed by atoms with Crippen molar-refractivity contribution in [2.75, 3.05) is 13.1 Å². The molecule has 110 valence electrons. The van der Waals surface area contributed by atoms with E-state index < -0.39 is 5.82 Å². The molecule has 1 heterocycles. The molecule has 1 N–H and O–H groups in total. The van der Waals surface area contributed by atoms with Crippen LogP contribution in [-0.4, -0.2) is 13.1 Å². The fraction of sp³-hybridized carbons (Fsp3) is 0.250. The molecule has 1 atom stereocenters. The Balaban J connectivity index is 1.86. The van der Waals surface area contributed by atoms with Crippen molar-refractivity contribution in [3.8, 4) is 5.75 Å². The highest BCUT2D eigenvalue weighted by Crippen LogP contribution is 2.32. The molecule has 2 nitrogen and oxygen atoms in total. The third-order valence-electron chi connectivity index (χ3n) is 3.59. The van der Waals surface area contributed by atoms with Gasteiger partial charge in [0.1, 0.15) is 17.7 Å². The Bertz CT molecular complexity index is 629. The zero-order valence-corrected chi connectivity index (χ0v) is 12.7. The van der Waals surface area contributed by atoms with Crippen molar-refractivity contribution < 1.29 is 9.13 Å². The third kappa shape index (κ3) is 3.31. The van der Waals surface area contributed by atoms with Crippen LogP contribution in [0.5, 0.6) is 5.75 Å². The normalized spacial score (nSPS) is 16.3. The number of ether oxygens (including phenoxy) is 1. The molecule has 5 heteroatoms. The van der Waals surface area contributed by atoms with E-state index in [2.05, 4.69) is 5.32 Å². The first-order chi connectivity index (χ1) is 10.1. The topological polar surface area (TPSA) is 21.3 Å². The van der Waals surface area contributed by atoms with E-state index in [1.807, 2.05) is 18.2 Å². The number of hydrogen-bond acceptors (Lipinski definition) is 2. The summed E-state index contributed by atoms with van der Waals surface area (Å²) in [4.78, 5) is 0. The molecule has 3 rings (SSSR count). The highest BCUT2D eigenvalue weighted by Gasteiger charge is 2.30. The van der Waals surface area contributed by atoms with Crippen LogP contribution in [0.1, 0.15) is 11.7 Å². The van der Waals surface area contributed by atoms with Crippen molar-refractivity contribution in [2.45, 2.75) is 6.10 Å². The van der Waals surface area contributed by atoms with Crippen molar-refractivity contribution >= 4 is 23.2 Å². The molecular weight excluding hydrogens is 312 g/mol. The molecule has 21 heavy (non-hydrogen) atoms. The predicted octanol–water partition coefficient (Wildman–Crippen LogP) is 4.47. The second-order valence-corrected chi connectivity index (χ2v) is 5.93. The Kier molecular flexibility index (Phi) is 4.34. The van der Waals surface area contributed by atoms with E-state index in [9.17, 15) is 4.39 Å². The average molecular weight is 326 g/mol. The lowest BCUT2D eigenvalue weighted by Crippen LogP contribution is -2.46. The minimum atomic E-state index is -0.425. The summed E-state index contributed by atoms with van der Waals surface area (Å²) in [6.45, 7) is 1.70. The first kappa shape index (κ1) is 14.6. The summed E-state index contributed by atoms with van der Waals surface area (Å²) in [5, 5.41) is 3.99. The molecule has 0 unspecified atom stereocenters. The Morgan fingerprint density at radius 1 is 1.10 bits per heavy atom. The largest absolute Gasteiger partial charge is 0.485 e. The van der Waals surface area contributed by atoms with Crippen LogP contribution in [0.4, 0.5) is 4.39 Å². The van der Waals surface area contributed by atoms with Gasteiger partial charge in [-0.2, -0.15) is 0 Å². The van der Waals surface area contributed by atoms with Gasteiger partial charge < -0.3 is 10.1 Å². The van der Waals surface area contributed by atoms with Crippen LogP contribution in [0.15, 0.2) is 42.5 Å². The second-order valence-electron chi connectivity index (χ2n) is 5.08. The molecule has 2 aromatic carbocycles. The third-order valence-corrected chi connectivity index (χ3v) is 4.15. The van der Waals surface area contributed by atoms with Gasteiger partial charge in [0.05, 0.1) is 5.02 Å². The minimum Gasteiger partial charge on any atom is -0.485 e. The number of benzene rings is 2. The molecule has 1 fully saturated rings. The Hall–Kier alpha value is -1.29. The minimum absolute atomic E-state index is 0.121. The second kappa shape index (κ2) is 6.22. The van der Waals surface area contributed by atoms with Crippen LogP contribution in [0, 0.1) is 11.7 Å². The number of nitrogens with one attached hydrogen (secondary N) is 1. The van der Waals surface area contributed by atoms with Crippen LogP contribution in [-0.2, 0) is 0 Å². The highest BCUT2D eigenvalue weighted by atomic mass is 35.5. The summed E-state index contributed by atoms with van der Waals surface area (Å²) in [5.41, 5.74) is 0.790. The Morgan fingerprint density at radius 2 is 1.81 bits per heavy atom. The molecule has 0 bridgehead atoms. The first-order valence-corrected chi connectivity index (χ1v) is 7.47. The molecule has 1 saturated heterocycles. The van der Waals surface area contributed by atoms with E-state index in [4.69, 9.17) is 27.9 Å². The van der Waals surface area contributed by atoms with Crippen molar-refractivity contribution in [1.29, 1.82) is 0 Å². The van der Waals surface area contributed by atoms with Gasteiger partial charge in [-0.3, -0.25) is 0 Å². The fourth-order valence-corrected chi connectivity index (χ4v) is 2.55. The van der Waals surface area contributed by atoms with Crippen molar-refractivity contribution in [1.82, 2.24) is 5.32 Å². The van der Waals surface area contributed by atoms with E-state index in [0.29, 0.717) is 16.7 Å². The smallest absolute Gasteiger partial charge is 0.142 e. The SMILES string of the molecule is Fc1cc([C@H](Oc2ccc(Cl)cc2)C2CNC2)ccc1Cl. The molecule has 0 spiro atoms. The number of halogens is 3. The van der Waals surface area contributed by atoms with Gasteiger partial charge in [0.2, 0.25) is 0 Å².